The molecule has 2 unspecified atom stereocenters. The number of nitrogens with one attached hydrogen (secondary N) is 1. The minimum absolute atomic E-state index is 0.186. The molecule has 0 saturated carbocycles. The van der Waals surface area contributed by atoms with Crippen molar-refractivity contribution in [1.82, 2.24) is 5.32 Å². The van der Waals surface area contributed by atoms with Crippen LogP contribution in [-0.4, -0.2) is 19.8 Å². The van der Waals surface area contributed by atoms with Crippen LogP contribution in [0.1, 0.15) is 37.8 Å². The molecule has 1 aliphatic rings. The summed E-state index contributed by atoms with van der Waals surface area (Å²) in [4.78, 5) is 0. The lowest BCUT2D eigenvalue weighted by atomic mass is 9.89. The number of hydrogen-bond donors (Lipinski definition) is 1. The summed E-state index contributed by atoms with van der Waals surface area (Å²) in [6, 6.07) is 8.98. The molecule has 2 heteroatoms. The average Bonchev–Trinajstić information content (AvgIpc) is 2.78. The lowest BCUT2D eigenvalue weighted by Crippen LogP contribution is -2.33. The van der Waals surface area contributed by atoms with Gasteiger partial charge in [0.1, 0.15) is 0 Å². The summed E-state index contributed by atoms with van der Waals surface area (Å²) in [7, 11) is 1.77. The van der Waals surface area contributed by atoms with E-state index in [2.05, 4.69) is 43.4 Å². The fraction of sp³-hybridized carbons (Fsp3) is 0.600. The van der Waals surface area contributed by atoms with Crippen LogP contribution in [0.4, 0.5) is 0 Å². The molecule has 2 atom stereocenters. The number of rotatable bonds is 4. The zero-order valence-corrected chi connectivity index (χ0v) is 11.1. The molecule has 0 aromatic heterocycles. The molecule has 0 amide bonds. The SMILES string of the molecule is COC(C)Cc1ccc(C2(C)CCCN2)cc1. The van der Waals surface area contributed by atoms with Crippen molar-refractivity contribution in [1.29, 1.82) is 0 Å². The monoisotopic (exact) mass is 233 g/mol. The number of ether oxygens (including phenoxy) is 1. The molecule has 1 aliphatic heterocycles. The fourth-order valence-corrected chi connectivity index (χ4v) is 2.56. The molecule has 1 heterocycles. The van der Waals surface area contributed by atoms with Gasteiger partial charge >= 0.3 is 0 Å². The van der Waals surface area contributed by atoms with Crippen LogP contribution in [0.3, 0.4) is 0 Å². The third-order valence-corrected chi connectivity index (χ3v) is 3.89. The molecular formula is C15H23NO. The molecule has 1 saturated heterocycles. The van der Waals surface area contributed by atoms with Crippen LogP contribution in [0.2, 0.25) is 0 Å². The fourth-order valence-electron chi connectivity index (χ4n) is 2.56. The summed E-state index contributed by atoms with van der Waals surface area (Å²) in [6.45, 7) is 5.54. The van der Waals surface area contributed by atoms with Gasteiger partial charge in [-0.05, 0) is 50.8 Å². The molecule has 1 aromatic carbocycles. The predicted molar refractivity (Wildman–Crippen MR) is 71.2 cm³/mol. The van der Waals surface area contributed by atoms with Crippen LogP contribution in [0.15, 0.2) is 24.3 Å². The van der Waals surface area contributed by atoms with Gasteiger partial charge in [-0.3, -0.25) is 0 Å². The Kier molecular flexibility index (Phi) is 3.85. The third kappa shape index (κ3) is 2.88. The number of hydrogen-bond acceptors (Lipinski definition) is 2. The van der Waals surface area contributed by atoms with Gasteiger partial charge in [-0.25, -0.2) is 0 Å². The van der Waals surface area contributed by atoms with E-state index in [-0.39, 0.29) is 5.54 Å². The van der Waals surface area contributed by atoms with Gasteiger partial charge in [0.2, 0.25) is 0 Å². The van der Waals surface area contributed by atoms with Gasteiger partial charge in [0.05, 0.1) is 6.10 Å². The Bertz CT molecular complexity index is 352. The third-order valence-electron chi connectivity index (χ3n) is 3.89. The van der Waals surface area contributed by atoms with E-state index in [0.717, 1.165) is 13.0 Å². The van der Waals surface area contributed by atoms with Gasteiger partial charge in [-0.2, -0.15) is 0 Å². The molecule has 1 aromatic rings. The van der Waals surface area contributed by atoms with Crippen molar-refractivity contribution in [2.24, 2.45) is 0 Å². The summed E-state index contributed by atoms with van der Waals surface area (Å²) < 4.78 is 5.29. The normalized spacial score (nSPS) is 26.1. The van der Waals surface area contributed by atoms with Gasteiger partial charge < -0.3 is 10.1 Å². The number of benzene rings is 1. The van der Waals surface area contributed by atoms with Crippen molar-refractivity contribution in [3.63, 3.8) is 0 Å². The van der Waals surface area contributed by atoms with Crippen molar-refractivity contribution in [2.45, 2.75) is 44.8 Å². The molecule has 0 aliphatic carbocycles. The van der Waals surface area contributed by atoms with Gasteiger partial charge in [-0.15, -0.1) is 0 Å². The molecule has 2 rings (SSSR count). The Morgan fingerprint density at radius 2 is 2.06 bits per heavy atom. The lowest BCUT2D eigenvalue weighted by Gasteiger charge is -2.25. The summed E-state index contributed by atoms with van der Waals surface area (Å²) in [5, 5.41) is 3.60. The van der Waals surface area contributed by atoms with Gasteiger partial charge in [0, 0.05) is 12.6 Å². The average molecular weight is 233 g/mol. The van der Waals surface area contributed by atoms with Crippen molar-refractivity contribution in [3.05, 3.63) is 35.4 Å². The molecule has 2 nitrogen and oxygen atoms in total. The van der Waals surface area contributed by atoms with Gasteiger partial charge in [0.15, 0.2) is 0 Å². The molecule has 1 fully saturated rings. The van der Waals surface area contributed by atoms with Crippen molar-refractivity contribution >= 4 is 0 Å². The summed E-state index contributed by atoms with van der Waals surface area (Å²) >= 11 is 0. The Hall–Kier alpha value is -0.860. The largest absolute Gasteiger partial charge is 0.381 e. The Labute approximate surface area is 104 Å². The minimum atomic E-state index is 0.186. The molecule has 17 heavy (non-hydrogen) atoms. The second kappa shape index (κ2) is 5.19. The van der Waals surface area contributed by atoms with Crippen LogP contribution >= 0.6 is 0 Å². The smallest absolute Gasteiger partial charge is 0.0583 e. The lowest BCUT2D eigenvalue weighted by molar-refractivity contribution is 0.119. The molecule has 0 radical (unpaired) electrons. The van der Waals surface area contributed by atoms with Crippen LogP contribution in [-0.2, 0) is 16.7 Å². The second-order valence-electron chi connectivity index (χ2n) is 5.31. The molecule has 0 bridgehead atoms. The van der Waals surface area contributed by atoms with Crippen molar-refractivity contribution in [3.8, 4) is 0 Å². The highest BCUT2D eigenvalue weighted by Gasteiger charge is 2.29. The van der Waals surface area contributed by atoms with E-state index in [1.54, 1.807) is 7.11 Å². The molecule has 1 N–H and O–H groups in total. The van der Waals surface area contributed by atoms with Crippen LogP contribution in [0.25, 0.3) is 0 Å². The first-order chi connectivity index (χ1) is 8.14. The van der Waals surface area contributed by atoms with E-state index in [0.29, 0.717) is 6.10 Å². The van der Waals surface area contributed by atoms with Gasteiger partial charge in [0.25, 0.3) is 0 Å². The first-order valence-corrected chi connectivity index (χ1v) is 6.51. The maximum atomic E-state index is 5.29. The minimum Gasteiger partial charge on any atom is -0.381 e. The number of methoxy groups -OCH3 is 1. The van der Waals surface area contributed by atoms with Crippen LogP contribution < -0.4 is 5.32 Å². The standard InChI is InChI=1S/C15H23NO/c1-12(17-3)11-13-5-7-14(8-6-13)15(2)9-4-10-16-15/h5-8,12,16H,4,9-11H2,1-3H3. The summed E-state index contributed by atoms with van der Waals surface area (Å²) in [6.07, 6.45) is 3.79. The first kappa shape index (κ1) is 12.6. The van der Waals surface area contributed by atoms with Crippen LogP contribution in [0, 0.1) is 0 Å². The van der Waals surface area contributed by atoms with E-state index < -0.39 is 0 Å². The second-order valence-corrected chi connectivity index (χ2v) is 5.31. The Morgan fingerprint density at radius 3 is 2.59 bits per heavy atom. The summed E-state index contributed by atoms with van der Waals surface area (Å²) in [5.41, 5.74) is 2.94. The van der Waals surface area contributed by atoms with Crippen molar-refractivity contribution in [2.75, 3.05) is 13.7 Å². The van der Waals surface area contributed by atoms with Crippen molar-refractivity contribution < 1.29 is 4.74 Å². The van der Waals surface area contributed by atoms with Gasteiger partial charge in [-0.1, -0.05) is 24.3 Å². The zero-order chi connectivity index (χ0) is 12.3. The molecular weight excluding hydrogens is 210 g/mol. The van der Waals surface area contributed by atoms with E-state index in [4.69, 9.17) is 4.74 Å². The van der Waals surface area contributed by atoms with E-state index in [1.807, 2.05) is 0 Å². The zero-order valence-electron chi connectivity index (χ0n) is 11.1. The highest BCUT2D eigenvalue weighted by atomic mass is 16.5. The van der Waals surface area contributed by atoms with E-state index in [9.17, 15) is 0 Å². The molecule has 0 spiro atoms. The first-order valence-electron chi connectivity index (χ1n) is 6.51. The van der Waals surface area contributed by atoms with E-state index >= 15 is 0 Å². The quantitative estimate of drug-likeness (QED) is 0.863. The highest BCUT2D eigenvalue weighted by Crippen LogP contribution is 2.30. The Morgan fingerprint density at radius 1 is 1.35 bits per heavy atom. The Balaban J connectivity index is 2.07. The maximum Gasteiger partial charge on any atom is 0.0583 e. The topological polar surface area (TPSA) is 21.3 Å². The van der Waals surface area contributed by atoms with Crippen LogP contribution in [0.5, 0.6) is 0 Å². The maximum absolute atomic E-state index is 5.29. The van der Waals surface area contributed by atoms with E-state index in [1.165, 1.54) is 24.0 Å². The predicted octanol–water partition coefficient (Wildman–Crippen LogP) is 2.86. The highest BCUT2D eigenvalue weighted by molar-refractivity contribution is 5.29. The summed E-state index contributed by atoms with van der Waals surface area (Å²) in [5.74, 6) is 0. The molecule has 94 valence electrons.